The van der Waals surface area contributed by atoms with Gasteiger partial charge in [0.2, 0.25) is 0 Å². The Balaban J connectivity index is 1.67. The lowest BCUT2D eigenvalue weighted by molar-refractivity contribution is -0.384. The number of non-ortho nitro benzene ring substituents is 1. The molecule has 2 N–H and O–H groups in total. The molecule has 2 aromatic carbocycles. The van der Waals surface area contributed by atoms with Crippen molar-refractivity contribution in [3.05, 3.63) is 70.3 Å². The number of ether oxygens (including phenoxy) is 1. The van der Waals surface area contributed by atoms with Gasteiger partial charge >= 0.3 is 6.03 Å². The number of carbonyl (C=O) groups excluding carboxylic acids is 2. The molecule has 146 valence electrons. The first kappa shape index (κ1) is 19.3. The van der Waals surface area contributed by atoms with E-state index in [0.717, 1.165) is 4.90 Å². The van der Waals surface area contributed by atoms with Crippen LogP contribution in [0.15, 0.2) is 54.6 Å². The number of para-hydroxylation sites is 1. The molecule has 2 aromatic rings. The summed E-state index contributed by atoms with van der Waals surface area (Å²) in [5.74, 6) is 0.0135. The third-order valence-corrected chi connectivity index (χ3v) is 4.51. The first-order chi connectivity index (χ1) is 13.3. The number of nitrogens with zero attached hydrogens (tertiary/aromatic N) is 2. The molecule has 0 aliphatic carbocycles. The number of imide groups is 1. The Morgan fingerprint density at radius 1 is 1.18 bits per heavy atom. The van der Waals surface area contributed by atoms with Gasteiger partial charge in [-0.1, -0.05) is 18.2 Å². The van der Waals surface area contributed by atoms with E-state index < -0.39 is 28.5 Å². The van der Waals surface area contributed by atoms with Crippen LogP contribution in [0, 0.1) is 10.1 Å². The molecule has 1 aliphatic rings. The zero-order chi connectivity index (χ0) is 20.3. The van der Waals surface area contributed by atoms with Crippen molar-refractivity contribution in [3.8, 4) is 5.75 Å². The van der Waals surface area contributed by atoms with Crippen molar-refractivity contribution < 1.29 is 24.4 Å². The third kappa shape index (κ3) is 3.79. The van der Waals surface area contributed by atoms with Gasteiger partial charge in [0, 0.05) is 12.1 Å². The molecule has 9 heteroatoms. The number of amides is 3. The van der Waals surface area contributed by atoms with Crippen LogP contribution in [-0.4, -0.2) is 46.1 Å². The van der Waals surface area contributed by atoms with E-state index in [1.54, 1.807) is 24.3 Å². The van der Waals surface area contributed by atoms with E-state index in [0.29, 0.717) is 11.3 Å². The van der Waals surface area contributed by atoms with Gasteiger partial charge in [-0.25, -0.2) is 4.79 Å². The van der Waals surface area contributed by atoms with Crippen LogP contribution in [0.4, 0.5) is 10.5 Å². The second-order valence-electron chi connectivity index (χ2n) is 6.55. The topological polar surface area (TPSA) is 122 Å². The van der Waals surface area contributed by atoms with Crippen molar-refractivity contribution in [1.82, 2.24) is 10.2 Å². The maximum atomic E-state index is 12.8. The third-order valence-electron chi connectivity index (χ3n) is 4.51. The van der Waals surface area contributed by atoms with E-state index in [1.807, 2.05) is 6.07 Å². The average Bonchev–Trinajstić information content (AvgIpc) is 2.91. The highest BCUT2D eigenvalue weighted by Crippen LogP contribution is 2.30. The van der Waals surface area contributed by atoms with Gasteiger partial charge in [0.1, 0.15) is 24.0 Å². The molecule has 2 atom stereocenters. The summed E-state index contributed by atoms with van der Waals surface area (Å²) in [5.41, 5.74) is -1.07. The largest absolute Gasteiger partial charge is 0.491 e. The summed E-state index contributed by atoms with van der Waals surface area (Å²) in [6.45, 7) is 1.19. The molecule has 3 rings (SSSR count). The van der Waals surface area contributed by atoms with Gasteiger partial charge in [-0.2, -0.15) is 0 Å². The summed E-state index contributed by atoms with van der Waals surface area (Å²) in [7, 11) is 0. The maximum absolute atomic E-state index is 12.8. The summed E-state index contributed by atoms with van der Waals surface area (Å²) in [5, 5.41) is 23.5. The van der Waals surface area contributed by atoms with Crippen LogP contribution in [-0.2, 0) is 10.3 Å². The number of nitro benzene ring substituents is 1. The van der Waals surface area contributed by atoms with Crippen LogP contribution >= 0.6 is 0 Å². The van der Waals surface area contributed by atoms with Crippen LogP contribution < -0.4 is 10.1 Å². The van der Waals surface area contributed by atoms with Gasteiger partial charge in [-0.15, -0.1) is 0 Å². The molecule has 3 amide bonds. The minimum absolute atomic E-state index is 0.0880. The van der Waals surface area contributed by atoms with Gasteiger partial charge in [0.05, 0.1) is 11.5 Å². The van der Waals surface area contributed by atoms with Crippen molar-refractivity contribution in [1.29, 1.82) is 0 Å². The molecule has 0 radical (unpaired) electrons. The Hall–Kier alpha value is -3.46. The lowest BCUT2D eigenvalue weighted by atomic mass is 9.92. The zero-order valence-electron chi connectivity index (χ0n) is 15.1. The minimum Gasteiger partial charge on any atom is -0.491 e. The molecule has 0 aromatic heterocycles. The summed E-state index contributed by atoms with van der Waals surface area (Å²) in [6.07, 6.45) is -1.07. The Morgan fingerprint density at radius 3 is 2.43 bits per heavy atom. The second kappa shape index (κ2) is 7.65. The number of carbonyl (C=O) groups is 2. The van der Waals surface area contributed by atoms with Crippen LogP contribution in [0.25, 0.3) is 0 Å². The number of β-amino-alcohol motifs (C(OH)–C–C–N with tert-alkyl or cyclic N) is 1. The van der Waals surface area contributed by atoms with E-state index in [2.05, 4.69) is 5.32 Å². The van der Waals surface area contributed by atoms with Gasteiger partial charge < -0.3 is 15.2 Å². The molecule has 9 nitrogen and oxygen atoms in total. The fraction of sp³-hybridized carbons (Fsp3) is 0.263. The van der Waals surface area contributed by atoms with Crippen molar-refractivity contribution in [2.24, 2.45) is 0 Å². The SMILES string of the molecule is C[C@@]1(c2ccc([N+](=O)[O-])cc2)NC(=O)N(C[C@@H](O)COc2ccccc2)C1=O. The molecule has 1 fully saturated rings. The number of hydrogen-bond acceptors (Lipinski definition) is 6. The normalized spacial score (nSPS) is 20.0. The highest BCUT2D eigenvalue weighted by Gasteiger charge is 2.49. The van der Waals surface area contributed by atoms with Gasteiger partial charge in [0.25, 0.3) is 11.6 Å². The average molecular weight is 385 g/mol. The molecule has 0 spiro atoms. The van der Waals surface area contributed by atoms with Crippen molar-refractivity contribution in [3.63, 3.8) is 0 Å². The van der Waals surface area contributed by atoms with Crippen LogP contribution in [0.2, 0.25) is 0 Å². The van der Waals surface area contributed by atoms with Crippen molar-refractivity contribution >= 4 is 17.6 Å². The summed E-state index contributed by atoms with van der Waals surface area (Å²) < 4.78 is 5.44. The standard InChI is InChI=1S/C19H19N3O6/c1-19(13-7-9-14(10-8-13)22(26)27)17(24)21(18(25)20-19)11-15(23)12-28-16-5-3-2-4-6-16/h2-10,15,23H,11-12H2,1H3,(H,20,25)/t15-,19+/m1/s1. The Bertz CT molecular complexity index is 886. The number of benzene rings is 2. The summed E-state index contributed by atoms with van der Waals surface area (Å²) in [4.78, 5) is 36.3. The fourth-order valence-corrected chi connectivity index (χ4v) is 2.95. The van der Waals surface area contributed by atoms with E-state index in [1.165, 1.54) is 31.2 Å². The molecule has 0 unspecified atom stereocenters. The molecule has 0 bridgehead atoms. The molecule has 0 saturated carbocycles. The van der Waals surface area contributed by atoms with Crippen molar-refractivity contribution in [2.45, 2.75) is 18.6 Å². The number of urea groups is 1. The zero-order valence-corrected chi connectivity index (χ0v) is 15.1. The number of aliphatic hydroxyl groups is 1. The molecule has 1 heterocycles. The van der Waals surface area contributed by atoms with Gasteiger partial charge in [-0.3, -0.25) is 19.8 Å². The van der Waals surface area contributed by atoms with E-state index in [-0.39, 0.29) is 18.8 Å². The lowest BCUT2D eigenvalue weighted by Crippen LogP contribution is -2.42. The molecule has 28 heavy (non-hydrogen) atoms. The molecular weight excluding hydrogens is 366 g/mol. The molecular formula is C19H19N3O6. The smallest absolute Gasteiger partial charge is 0.325 e. The van der Waals surface area contributed by atoms with E-state index in [9.17, 15) is 24.8 Å². The Morgan fingerprint density at radius 2 is 1.82 bits per heavy atom. The van der Waals surface area contributed by atoms with Crippen LogP contribution in [0.1, 0.15) is 12.5 Å². The van der Waals surface area contributed by atoms with E-state index >= 15 is 0 Å². The van der Waals surface area contributed by atoms with Gasteiger partial charge in [-0.05, 0) is 36.8 Å². The quantitative estimate of drug-likeness (QED) is 0.426. The molecule has 1 saturated heterocycles. The van der Waals surface area contributed by atoms with Crippen LogP contribution in [0.3, 0.4) is 0 Å². The Labute approximate surface area is 160 Å². The summed E-state index contributed by atoms with van der Waals surface area (Å²) in [6, 6.07) is 13.6. The second-order valence-corrected chi connectivity index (χ2v) is 6.55. The first-order valence-corrected chi connectivity index (χ1v) is 8.56. The number of rotatable bonds is 7. The monoisotopic (exact) mass is 385 g/mol. The molecule has 1 aliphatic heterocycles. The summed E-state index contributed by atoms with van der Waals surface area (Å²) >= 11 is 0. The number of hydrogen-bond donors (Lipinski definition) is 2. The number of nitrogens with one attached hydrogen (secondary N) is 1. The number of nitro groups is 1. The minimum atomic E-state index is -1.37. The fourth-order valence-electron chi connectivity index (χ4n) is 2.95. The van der Waals surface area contributed by atoms with Crippen molar-refractivity contribution in [2.75, 3.05) is 13.2 Å². The van der Waals surface area contributed by atoms with Crippen LogP contribution in [0.5, 0.6) is 5.75 Å². The van der Waals surface area contributed by atoms with E-state index in [4.69, 9.17) is 4.74 Å². The first-order valence-electron chi connectivity index (χ1n) is 8.56. The highest BCUT2D eigenvalue weighted by molar-refractivity contribution is 6.07. The highest BCUT2D eigenvalue weighted by atomic mass is 16.6. The number of aliphatic hydroxyl groups excluding tert-OH is 1. The predicted molar refractivity (Wildman–Crippen MR) is 98.6 cm³/mol. The maximum Gasteiger partial charge on any atom is 0.325 e. The lowest BCUT2D eigenvalue weighted by Gasteiger charge is -2.23. The Kier molecular flexibility index (Phi) is 5.27. The van der Waals surface area contributed by atoms with Gasteiger partial charge in [0.15, 0.2) is 0 Å². The predicted octanol–water partition coefficient (Wildman–Crippen LogP) is 1.80.